The van der Waals surface area contributed by atoms with Gasteiger partial charge in [0.25, 0.3) is 11.5 Å². The largest absolute Gasteiger partial charge is 0.369 e. The molecule has 6 rings (SSSR count). The van der Waals surface area contributed by atoms with Crippen LogP contribution in [0.3, 0.4) is 0 Å². The summed E-state index contributed by atoms with van der Waals surface area (Å²) in [6.45, 7) is 6.52. The van der Waals surface area contributed by atoms with E-state index in [1.165, 1.54) is 12.8 Å². The highest BCUT2D eigenvalue weighted by Gasteiger charge is 2.35. The average Bonchev–Trinajstić information content (AvgIpc) is 3.41. The molecule has 1 aliphatic carbocycles. The quantitative estimate of drug-likeness (QED) is 0.358. The van der Waals surface area contributed by atoms with Gasteiger partial charge in [0.1, 0.15) is 0 Å². The first kappa shape index (κ1) is 26.6. The predicted molar refractivity (Wildman–Crippen MR) is 166 cm³/mol. The van der Waals surface area contributed by atoms with Crippen LogP contribution in [0.1, 0.15) is 65.2 Å². The van der Waals surface area contributed by atoms with Gasteiger partial charge >= 0.3 is 0 Å². The van der Waals surface area contributed by atoms with Crippen molar-refractivity contribution in [1.29, 1.82) is 0 Å². The Morgan fingerprint density at radius 2 is 1.70 bits per heavy atom. The van der Waals surface area contributed by atoms with Crippen LogP contribution in [0.4, 0.5) is 17.1 Å². The molecule has 2 aliphatic heterocycles. The Balaban J connectivity index is 1.28. The molecule has 0 radical (unpaired) electrons. The molecule has 7 nitrogen and oxygen atoms in total. The number of nitrogens with zero attached hydrogens (tertiary/aromatic N) is 2. The molecule has 208 valence electrons. The smallest absolute Gasteiger partial charge is 0.251 e. The topological polar surface area (TPSA) is 78.4 Å². The Kier molecular flexibility index (Phi) is 7.36. The molecule has 2 fully saturated rings. The lowest BCUT2D eigenvalue weighted by molar-refractivity contribution is 0.0938. The lowest BCUT2D eigenvalue weighted by Crippen LogP contribution is -2.47. The minimum atomic E-state index is -0.0431. The molecule has 3 aliphatic rings. The molecule has 1 amide bonds. The molecule has 40 heavy (non-hydrogen) atoms. The first-order valence-electron chi connectivity index (χ1n) is 14.4. The van der Waals surface area contributed by atoms with Crippen molar-refractivity contribution in [2.24, 2.45) is 5.92 Å². The molecule has 0 spiro atoms. The summed E-state index contributed by atoms with van der Waals surface area (Å²) in [6.07, 6.45) is 5.50. The minimum absolute atomic E-state index is 0.0431. The van der Waals surface area contributed by atoms with Crippen molar-refractivity contribution in [2.45, 2.75) is 64.5 Å². The van der Waals surface area contributed by atoms with Gasteiger partial charge < -0.3 is 25.4 Å². The number of aromatic nitrogens is 1. The third-order valence-electron chi connectivity index (χ3n) is 8.50. The number of thiocarbonyl (C=S) groups is 1. The van der Waals surface area contributed by atoms with Crippen molar-refractivity contribution in [1.82, 2.24) is 9.88 Å². The number of amides is 1. The standard InChI is InChI=1S/C32H37N5O2S/c1-20-12-21(2)14-26(13-20)34-32(40)35-27-16-23(31(39)33-25-6-3-4-7-25)10-11-29(27)36-17-22-15-24(19-36)28-8-5-9-30(38)37(28)18-22/h5,8-14,16,22,24-25H,3-4,6-7,15,17-19H2,1-2H3,(H,33,39)(H2,34,35,40). The number of fused-ring (bicyclic) bond motifs is 4. The molecular weight excluding hydrogens is 518 g/mol. The highest BCUT2D eigenvalue weighted by Crippen LogP contribution is 2.39. The molecular formula is C32H37N5O2S. The maximum Gasteiger partial charge on any atom is 0.251 e. The maximum atomic E-state index is 13.2. The summed E-state index contributed by atoms with van der Waals surface area (Å²) >= 11 is 5.76. The summed E-state index contributed by atoms with van der Waals surface area (Å²) in [5, 5.41) is 10.4. The molecule has 3 N–H and O–H groups in total. The first-order chi connectivity index (χ1) is 19.3. The number of aryl methyl sites for hydroxylation is 2. The number of benzene rings is 2. The third-order valence-corrected chi connectivity index (χ3v) is 8.70. The van der Waals surface area contributed by atoms with Crippen molar-refractivity contribution in [3.8, 4) is 0 Å². The SMILES string of the molecule is Cc1cc(C)cc(NC(=S)Nc2cc(C(=O)NC3CCCC3)ccc2N2CC3CC(C2)c2cccc(=O)n2C3)c1. The summed E-state index contributed by atoms with van der Waals surface area (Å²) in [7, 11) is 0. The van der Waals surface area contributed by atoms with Crippen LogP contribution >= 0.6 is 12.2 Å². The van der Waals surface area contributed by atoms with Gasteiger partial charge in [0, 0.05) is 54.6 Å². The van der Waals surface area contributed by atoms with Gasteiger partial charge in [-0.15, -0.1) is 0 Å². The van der Waals surface area contributed by atoms with Crippen LogP contribution in [0.25, 0.3) is 0 Å². The van der Waals surface area contributed by atoms with Crippen molar-refractivity contribution in [3.63, 3.8) is 0 Å². The summed E-state index contributed by atoms with van der Waals surface area (Å²) in [5.74, 6) is 0.614. The van der Waals surface area contributed by atoms with Gasteiger partial charge in [-0.2, -0.15) is 0 Å². The van der Waals surface area contributed by atoms with Gasteiger partial charge in [0.15, 0.2) is 5.11 Å². The second-order valence-corrected chi connectivity index (χ2v) is 12.2. The Morgan fingerprint density at radius 3 is 2.48 bits per heavy atom. The van der Waals surface area contributed by atoms with Gasteiger partial charge in [-0.1, -0.05) is 25.0 Å². The van der Waals surface area contributed by atoms with Gasteiger partial charge in [0.05, 0.1) is 11.4 Å². The van der Waals surface area contributed by atoms with Crippen LogP contribution in [-0.4, -0.2) is 34.7 Å². The van der Waals surface area contributed by atoms with Gasteiger partial charge in [-0.05, 0) is 98.8 Å². The maximum absolute atomic E-state index is 13.2. The van der Waals surface area contributed by atoms with Crippen molar-refractivity contribution in [3.05, 3.63) is 87.3 Å². The number of pyridine rings is 1. The van der Waals surface area contributed by atoms with E-state index in [9.17, 15) is 9.59 Å². The highest BCUT2D eigenvalue weighted by molar-refractivity contribution is 7.80. The van der Waals surface area contributed by atoms with Crippen molar-refractivity contribution >= 4 is 40.3 Å². The summed E-state index contributed by atoms with van der Waals surface area (Å²) in [4.78, 5) is 28.1. The number of piperidine rings is 1. The zero-order chi connectivity index (χ0) is 27.8. The first-order valence-corrected chi connectivity index (χ1v) is 14.8. The van der Waals surface area contributed by atoms with E-state index in [0.29, 0.717) is 16.6 Å². The van der Waals surface area contributed by atoms with Crippen LogP contribution in [0, 0.1) is 19.8 Å². The van der Waals surface area contributed by atoms with E-state index in [1.807, 2.05) is 28.8 Å². The van der Waals surface area contributed by atoms with E-state index in [2.05, 4.69) is 59.0 Å². The van der Waals surface area contributed by atoms with Crippen LogP contribution in [0.2, 0.25) is 0 Å². The van der Waals surface area contributed by atoms with E-state index in [1.54, 1.807) is 6.07 Å². The summed E-state index contributed by atoms with van der Waals surface area (Å²) < 4.78 is 1.95. The number of nitrogens with one attached hydrogen (secondary N) is 3. The summed E-state index contributed by atoms with van der Waals surface area (Å²) in [5.41, 5.74) is 6.91. The van der Waals surface area contributed by atoms with Crippen LogP contribution in [0.15, 0.2) is 59.4 Å². The fourth-order valence-electron chi connectivity index (χ4n) is 6.82. The number of anilines is 3. The number of rotatable bonds is 5. The zero-order valence-corrected chi connectivity index (χ0v) is 24.0. The van der Waals surface area contributed by atoms with Crippen molar-refractivity contribution in [2.75, 3.05) is 28.6 Å². The number of carbonyl (C=O) groups excluding carboxylic acids is 1. The molecule has 2 unspecified atom stereocenters. The Bertz CT molecular complexity index is 1490. The molecule has 1 saturated heterocycles. The van der Waals surface area contributed by atoms with Crippen LogP contribution < -0.4 is 26.4 Å². The molecule has 1 saturated carbocycles. The van der Waals surface area contributed by atoms with E-state index in [-0.39, 0.29) is 23.4 Å². The van der Waals surface area contributed by atoms with Crippen molar-refractivity contribution < 1.29 is 4.79 Å². The Labute approximate surface area is 241 Å². The highest BCUT2D eigenvalue weighted by atomic mass is 32.1. The fourth-order valence-corrected chi connectivity index (χ4v) is 7.04. The van der Waals surface area contributed by atoms with Gasteiger partial charge in [-0.3, -0.25) is 9.59 Å². The molecule has 8 heteroatoms. The molecule has 3 heterocycles. The molecule has 3 aromatic rings. The molecule has 2 aromatic carbocycles. The van der Waals surface area contributed by atoms with E-state index in [0.717, 1.165) is 72.8 Å². The van der Waals surface area contributed by atoms with Gasteiger partial charge in [0.2, 0.25) is 0 Å². The Hall–Kier alpha value is -3.65. The number of hydrogen-bond donors (Lipinski definition) is 3. The number of carbonyl (C=O) groups is 1. The third kappa shape index (κ3) is 5.63. The second kappa shape index (κ2) is 11.1. The lowest BCUT2D eigenvalue weighted by Gasteiger charge is -2.44. The summed E-state index contributed by atoms with van der Waals surface area (Å²) in [6, 6.07) is 18.0. The lowest BCUT2D eigenvalue weighted by atomic mass is 9.83. The normalized spacial score (nSPS) is 20.1. The Morgan fingerprint density at radius 1 is 0.925 bits per heavy atom. The molecule has 2 atom stereocenters. The van der Waals surface area contributed by atoms with E-state index < -0.39 is 0 Å². The van der Waals surface area contributed by atoms with Crippen LogP contribution in [-0.2, 0) is 6.54 Å². The predicted octanol–water partition coefficient (Wildman–Crippen LogP) is 5.57. The van der Waals surface area contributed by atoms with E-state index >= 15 is 0 Å². The zero-order valence-electron chi connectivity index (χ0n) is 23.2. The second-order valence-electron chi connectivity index (χ2n) is 11.7. The van der Waals surface area contributed by atoms with Crippen LogP contribution in [0.5, 0.6) is 0 Å². The fraction of sp³-hybridized carbons (Fsp3) is 0.406. The van der Waals surface area contributed by atoms with E-state index in [4.69, 9.17) is 12.2 Å². The monoisotopic (exact) mass is 555 g/mol. The average molecular weight is 556 g/mol. The minimum Gasteiger partial charge on any atom is -0.369 e. The molecule has 2 bridgehead atoms. The number of hydrogen-bond acceptors (Lipinski definition) is 4. The molecule has 1 aromatic heterocycles. The van der Waals surface area contributed by atoms with Gasteiger partial charge in [-0.25, -0.2) is 0 Å².